The first kappa shape index (κ1) is 10.9. The van der Waals surface area contributed by atoms with E-state index in [1.54, 1.807) is 13.3 Å². The molecule has 0 saturated heterocycles. The van der Waals surface area contributed by atoms with Gasteiger partial charge in [-0.15, -0.1) is 0 Å². The molecule has 0 radical (unpaired) electrons. The summed E-state index contributed by atoms with van der Waals surface area (Å²) < 4.78 is 15.9. The van der Waals surface area contributed by atoms with E-state index in [2.05, 4.69) is 9.97 Å². The molecule has 6 heteroatoms. The highest BCUT2D eigenvalue weighted by Gasteiger charge is 2.21. The zero-order valence-corrected chi connectivity index (χ0v) is 9.77. The Morgan fingerprint density at radius 2 is 2.33 bits per heavy atom. The Morgan fingerprint density at radius 1 is 1.44 bits per heavy atom. The number of hydrogen-bond acceptors (Lipinski definition) is 5. The molecule has 1 aliphatic heterocycles. The second-order valence-electron chi connectivity index (χ2n) is 3.83. The molecule has 2 aromatic rings. The van der Waals surface area contributed by atoms with Crippen LogP contribution < -0.4 is 14.2 Å². The number of aliphatic hydroxyl groups excluding tert-OH is 1. The van der Waals surface area contributed by atoms with Crippen LogP contribution in [-0.2, 0) is 6.61 Å². The standard InChI is InChI=1S/C12H12N2O4/c1-16-9-2-7(3-10-11(9)18-6-17-10)12-13-4-8(5-15)14-12/h2-4,15H,5-6H2,1H3,(H,13,14). The number of rotatable bonds is 3. The van der Waals surface area contributed by atoms with Gasteiger partial charge in [-0.1, -0.05) is 0 Å². The minimum atomic E-state index is -0.0747. The molecule has 94 valence electrons. The summed E-state index contributed by atoms with van der Waals surface area (Å²) >= 11 is 0. The highest BCUT2D eigenvalue weighted by molar-refractivity contribution is 5.67. The zero-order valence-electron chi connectivity index (χ0n) is 9.77. The van der Waals surface area contributed by atoms with Crippen molar-refractivity contribution in [3.8, 4) is 28.6 Å². The largest absolute Gasteiger partial charge is 0.493 e. The summed E-state index contributed by atoms with van der Waals surface area (Å²) in [6.45, 7) is 0.115. The Bertz CT molecular complexity index is 579. The number of methoxy groups -OCH3 is 1. The lowest BCUT2D eigenvalue weighted by Gasteiger charge is -2.06. The van der Waals surface area contributed by atoms with Crippen molar-refractivity contribution in [2.45, 2.75) is 6.61 Å². The van der Waals surface area contributed by atoms with E-state index in [4.69, 9.17) is 19.3 Å². The van der Waals surface area contributed by atoms with Crippen LogP contribution in [0.1, 0.15) is 5.69 Å². The van der Waals surface area contributed by atoms with Crippen molar-refractivity contribution in [3.05, 3.63) is 24.0 Å². The van der Waals surface area contributed by atoms with Crippen molar-refractivity contribution in [2.75, 3.05) is 13.9 Å². The maximum atomic E-state index is 9.01. The van der Waals surface area contributed by atoms with Crippen molar-refractivity contribution in [1.29, 1.82) is 0 Å². The summed E-state index contributed by atoms with van der Waals surface area (Å²) in [5.74, 6) is 2.49. The lowest BCUT2D eigenvalue weighted by molar-refractivity contribution is 0.171. The minimum Gasteiger partial charge on any atom is -0.493 e. The Morgan fingerprint density at radius 3 is 3.06 bits per heavy atom. The van der Waals surface area contributed by atoms with Crippen LogP contribution in [0.15, 0.2) is 18.3 Å². The molecule has 3 rings (SSSR count). The van der Waals surface area contributed by atoms with Crippen molar-refractivity contribution < 1.29 is 19.3 Å². The van der Waals surface area contributed by atoms with Gasteiger partial charge in [-0.3, -0.25) is 0 Å². The number of imidazole rings is 1. The molecule has 1 aromatic carbocycles. The summed E-state index contributed by atoms with van der Waals surface area (Å²) in [4.78, 5) is 7.20. The Balaban J connectivity index is 2.07. The van der Waals surface area contributed by atoms with Crippen molar-refractivity contribution in [3.63, 3.8) is 0 Å². The molecule has 6 nitrogen and oxygen atoms in total. The second kappa shape index (κ2) is 4.23. The first-order chi connectivity index (χ1) is 8.81. The Hall–Kier alpha value is -2.21. The first-order valence-corrected chi connectivity index (χ1v) is 5.44. The number of aromatic amines is 1. The minimum absolute atomic E-state index is 0.0747. The number of ether oxygens (including phenoxy) is 3. The molecule has 2 N–H and O–H groups in total. The molecule has 2 heterocycles. The zero-order chi connectivity index (χ0) is 12.5. The molecule has 0 fully saturated rings. The number of aliphatic hydroxyl groups is 1. The highest BCUT2D eigenvalue weighted by Crippen LogP contribution is 2.43. The average Bonchev–Trinajstić information content (AvgIpc) is 3.05. The summed E-state index contributed by atoms with van der Waals surface area (Å²) in [5, 5.41) is 9.01. The molecular weight excluding hydrogens is 236 g/mol. The number of hydrogen-bond donors (Lipinski definition) is 2. The van der Waals surface area contributed by atoms with Gasteiger partial charge in [0.25, 0.3) is 0 Å². The van der Waals surface area contributed by atoms with E-state index in [-0.39, 0.29) is 13.4 Å². The van der Waals surface area contributed by atoms with Crippen molar-refractivity contribution in [2.24, 2.45) is 0 Å². The third kappa shape index (κ3) is 1.67. The maximum absolute atomic E-state index is 9.01. The van der Waals surface area contributed by atoms with Gasteiger partial charge in [0.05, 0.1) is 25.6 Å². The molecule has 18 heavy (non-hydrogen) atoms. The lowest BCUT2D eigenvalue weighted by Crippen LogP contribution is -1.93. The molecular formula is C12H12N2O4. The van der Waals surface area contributed by atoms with Crippen molar-refractivity contribution >= 4 is 0 Å². The van der Waals surface area contributed by atoms with Gasteiger partial charge in [-0.2, -0.15) is 0 Å². The molecule has 1 aromatic heterocycles. The topological polar surface area (TPSA) is 76.6 Å². The normalized spacial score (nSPS) is 12.8. The van der Waals surface area contributed by atoms with E-state index in [1.165, 1.54) is 0 Å². The van der Waals surface area contributed by atoms with E-state index in [0.29, 0.717) is 28.8 Å². The highest BCUT2D eigenvalue weighted by atomic mass is 16.7. The molecule has 0 amide bonds. The molecule has 0 atom stereocenters. The van der Waals surface area contributed by atoms with Crippen LogP contribution >= 0.6 is 0 Å². The smallest absolute Gasteiger partial charge is 0.231 e. The molecule has 0 saturated carbocycles. The third-order valence-corrected chi connectivity index (χ3v) is 2.73. The molecule has 0 bridgehead atoms. The van der Waals surface area contributed by atoms with Crippen LogP contribution in [0.25, 0.3) is 11.4 Å². The van der Waals surface area contributed by atoms with Gasteiger partial charge >= 0.3 is 0 Å². The molecule has 0 aliphatic carbocycles. The fourth-order valence-electron chi connectivity index (χ4n) is 1.85. The first-order valence-electron chi connectivity index (χ1n) is 5.44. The predicted octanol–water partition coefficient (Wildman–Crippen LogP) is 1.31. The Labute approximate surface area is 103 Å². The summed E-state index contributed by atoms with van der Waals surface area (Å²) in [7, 11) is 1.57. The SMILES string of the molecule is COc1cc(-c2ncc(CO)[nH]2)cc2c1OCO2. The summed E-state index contributed by atoms with van der Waals surface area (Å²) in [5.41, 5.74) is 1.47. The van der Waals surface area contributed by atoms with E-state index in [0.717, 1.165) is 5.56 Å². The van der Waals surface area contributed by atoms with Crippen LogP contribution in [0.2, 0.25) is 0 Å². The number of fused-ring (bicyclic) bond motifs is 1. The van der Waals surface area contributed by atoms with Crippen LogP contribution in [-0.4, -0.2) is 29.0 Å². The van der Waals surface area contributed by atoms with Gasteiger partial charge in [0.1, 0.15) is 5.82 Å². The fraction of sp³-hybridized carbons (Fsp3) is 0.250. The van der Waals surface area contributed by atoms with Gasteiger partial charge in [0.2, 0.25) is 12.5 Å². The molecule has 0 spiro atoms. The fourth-order valence-corrected chi connectivity index (χ4v) is 1.85. The van der Waals surface area contributed by atoms with Crippen LogP contribution in [0.4, 0.5) is 0 Å². The Kier molecular flexibility index (Phi) is 2.56. The summed E-state index contributed by atoms with van der Waals surface area (Å²) in [6.07, 6.45) is 1.59. The van der Waals surface area contributed by atoms with Gasteiger partial charge in [0.15, 0.2) is 11.5 Å². The quantitative estimate of drug-likeness (QED) is 0.856. The number of benzene rings is 1. The predicted molar refractivity (Wildman–Crippen MR) is 62.6 cm³/mol. The van der Waals surface area contributed by atoms with E-state index < -0.39 is 0 Å². The number of nitrogens with one attached hydrogen (secondary N) is 1. The van der Waals surface area contributed by atoms with Gasteiger partial charge in [-0.05, 0) is 12.1 Å². The third-order valence-electron chi connectivity index (χ3n) is 2.73. The number of nitrogens with zero attached hydrogens (tertiary/aromatic N) is 1. The van der Waals surface area contributed by atoms with E-state index >= 15 is 0 Å². The maximum Gasteiger partial charge on any atom is 0.231 e. The lowest BCUT2D eigenvalue weighted by atomic mass is 10.1. The monoisotopic (exact) mass is 248 g/mol. The van der Waals surface area contributed by atoms with Crippen LogP contribution in [0, 0.1) is 0 Å². The van der Waals surface area contributed by atoms with Crippen molar-refractivity contribution in [1.82, 2.24) is 9.97 Å². The average molecular weight is 248 g/mol. The number of aromatic nitrogens is 2. The van der Waals surface area contributed by atoms with Gasteiger partial charge in [0, 0.05) is 5.56 Å². The van der Waals surface area contributed by atoms with Gasteiger partial charge in [-0.25, -0.2) is 4.98 Å². The molecule has 0 unspecified atom stereocenters. The summed E-state index contributed by atoms with van der Waals surface area (Å²) in [6, 6.07) is 3.64. The van der Waals surface area contributed by atoms with Crippen LogP contribution in [0.3, 0.4) is 0 Å². The number of H-pyrrole nitrogens is 1. The molecule has 1 aliphatic rings. The second-order valence-corrected chi connectivity index (χ2v) is 3.83. The van der Waals surface area contributed by atoms with E-state index in [1.807, 2.05) is 12.1 Å². The van der Waals surface area contributed by atoms with E-state index in [9.17, 15) is 0 Å². The van der Waals surface area contributed by atoms with Crippen LogP contribution in [0.5, 0.6) is 17.2 Å². The van der Waals surface area contributed by atoms with Gasteiger partial charge < -0.3 is 24.3 Å².